The van der Waals surface area contributed by atoms with E-state index in [4.69, 9.17) is 0 Å². The Hall–Kier alpha value is -0.160. The molecule has 78 valence electrons. The van der Waals surface area contributed by atoms with Crippen molar-refractivity contribution in [3.63, 3.8) is 0 Å². The number of sulfone groups is 1. The first-order valence-electron chi connectivity index (χ1n) is 4.57. The predicted octanol–water partition coefficient (Wildman–Crippen LogP) is 0.513. The first-order chi connectivity index (χ1) is 5.97. The normalized spacial score (nSPS) is 21.1. The highest BCUT2D eigenvalue weighted by Gasteiger charge is 2.36. The van der Waals surface area contributed by atoms with Crippen LogP contribution in [0.25, 0.3) is 0 Å². The van der Waals surface area contributed by atoms with Gasteiger partial charge in [0.05, 0.1) is 5.75 Å². The summed E-state index contributed by atoms with van der Waals surface area (Å²) >= 11 is 0. The Morgan fingerprint density at radius 3 is 2.46 bits per heavy atom. The molecule has 0 aromatic rings. The van der Waals surface area contributed by atoms with Crippen LogP contribution >= 0.6 is 0 Å². The van der Waals surface area contributed by atoms with Gasteiger partial charge >= 0.3 is 0 Å². The standard InChI is InChI=1S/C8H16FNO2S/c1-2-13(11,12)5-3-4-8(9)6-10-7-8/h10H,2-7H2,1H3. The first kappa shape index (κ1) is 10.9. The lowest BCUT2D eigenvalue weighted by molar-refractivity contribution is 0.0799. The zero-order valence-corrected chi connectivity index (χ0v) is 8.66. The number of hydrogen-bond acceptors (Lipinski definition) is 3. The van der Waals surface area contributed by atoms with Crippen LogP contribution in [0.4, 0.5) is 4.39 Å². The van der Waals surface area contributed by atoms with Crippen LogP contribution in [0.15, 0.2) is 0 Å². The Balaban J connectivity index is 2.21. The third-order valence-corrected chi connectivity index (χ3v) is 4.19. The molecule has 1 aliphatic heterocycles. The Kier molecular flexibility index (Phi) is 3.29. The van der Waals surface area contributed by atoms with Gasteiger partial charge in [-0.1, -0.05) is 6.92 Å². The molecule has 0 saturated carbocycles. The van der Waals surface area contributed by atoms with Gasteiger partial charge in [-0.05, 0) is 12.8 Å². The summed E-state index contributed by atoms with van der Waals surface area (Å²) in [5.74, 6) is 0.277. The molecule has 0 amide bonds. The van der Waals surface area contributed by atoms with Gasteiger partial charge in [-0.15, -0.1) is 0 Å². The Bertz CT molecular complexity index is 259. The molecular weight excluding hydrogens is 193 g/mol. The van der Waals surface area contributed by atoms with E-state index in [1.807, 2.05) is 0 Å². The average molecular weight is 209 g/mol. The topological polar surface area (TPSA) is 46.2 Å². The van der Waals surface area contributed by atoms with Crippen LogP contribution in [0.1, 0.15) is 19.8 Å². The summed E-state index contributed by atoms with van der Waals surface area (Å²) in [5.41, 5.74) is -1.14. The molecule has 1 rings (SSSR count). The highest BCUT2D eigenvalue weighted by atomic mass is 32.2. The van der Waals surface area contributed by atoms with Crippen molar-refractivity contribution < 1.29 is 12.8 Å². The number of nitrogens with one attached hydrogen (secondary N) is 1. The number of alkyl halides is 1. The molecule has 3 nitrogen and oxygen atoms in total. The second-order valence-electron chi connectivity index (χ2n) is 3.59. The highest BCUT2D eigenvalue weighted by Crippen LogP contribution is 2.22. The zero-order chi connectivity index (χ0) is 9.95. The Morgan fingerprint density at radius 1 is 1.46 bits per heavy atom. The fraction of sp³-hybridized carbons (Fsp3) is 1.00. The molecular formula is C8H16FNO2S. The number of hydrogen-bond donors (Lipinski definition) is 1. The number of halogens is 1. The smallest absolute Gasteiger partial charge is 0.150 e. The molecule has 0 aromatic heterocycles. The minimum atomic E-state index is -2.91. The van der Waals surface area contributed by atoms with Crippen LogP contribution in [0.2, 0.25) is 0 Å². The molecule has 0 atom stereocenters. The van der Waals surface area contributed by atoms with Gasteiger partial charge in [0.1, 0.15) is 15.5 Å². The van der Waals surface area contributed by atoms with Gasteiger partial charge in [-0.2, -0.15) is 0 Å². The third kappa shape index (κ3) is 3.23. The number of rotatable bonds is 5. The van der Waals surface area contributed by atoms with Crippen molar-refractivity contribution >= 4 is 9.84 Å². The summed E-state index contributed by atoms with van der Waals surface area (Å²) in [6, 6.07) is 0. The molecule has 0 aliphatic carbocycles. The van der Waals surface area contributed by atoms with Gasteiger partial charge in [0, 0.05) is 18.8 Å². The van der Waals surface area contributed by atoms with E-state index >= 15 is 0 Å². The lowest BCUT2D eigenvalue weighted by Gasteiger charge is -2.34. The third-order valence-electron chi connectivity index (χ3n) is 2.40. The second kappa shape index (κ2) is 3.92. The molecule has 1 heterocycles. The average Bonchev–Trinajstić information content (AvgIpc) is 2.01. The monoisotopic (exact) mass is 209 g/mol. The maximum Gasteiger partial charge on any atom is 0.150 e. The van der Waals surface area contributed by atoms with Gasteiger partial charge in [0.25, 0.3) is 0 Å². The molecule has 5 heteroatoms. The van der Waals surface area contributed by atoms with Gasteiger partial charge in [-0.25, -0.2) is 12.8 Å². The van der Waals surface area contributed by atoms with Crippen LogP contribution in [0.5, 0.6) is 0 Å². The summed E-state index contributed by atoms with van der Waals surface area (Å²) in [6.07, 6.45) is 0.799. The van der Waals surface area contributed by atoms with Crippen molar-refractivity contribution in [2.24, 2.45) is 0 Å². The largest absolute Gasteiger partial charge is 0.310 e. The minimum Gasteiger partial charge on any atom is -0.310 e. The maximum absolute atomic E-state index is 13.3. The highest BCUT2D eigenvalue weighted by molar-refractivity contribution is 7.91. The zero-order valence-electron chi connectivity index (χ0n) is 7.85. The maximum atomic E-state index is 13.3. The first-order valence-corrected chi connectivity index (χ1v) is 6.40. The molecule has 1 aliphatic rings. The molecule has 1 fully saturated rings. The fourth-order valence-electron chi connectivity index (χ4n) is 1.33. The molecule has 0 unspecified atom stereocenters. The van der Waals surface area contributed by atoms with Crippen LogP contribution in [-0.2, 0) is 9.84 Å². The Labute approximate surface area is 78.6 Å². The second-order valence-corrected chi connectivity index (χ2v) is 6.07. The summed E-state index contributed by atoms with van der Waals surface area (Å²) < 4.78 is 35.4. The molecule has 0 bridgehead atoms. The molecule has 1 saturated heterocycles. The molecule has 0 radical (unpaired) electrons. The summed E-state index contributed by atoms with van der Waals surface area (Å²) in [6.45, 7) is 2.36. The van der Waals surface area contributed by atoms with E-state index < -0.39 is 15.5 Å². The van der Waals surface area contributed by atoms with Crippen molar-refractivity contribution in [2.45, 2.75) is 25.4 Å². The van der Waals surface area contributed by atoms with Crippen LogP contribution in [-0.4, -0.2) is 38.7 Å². The summed E-state index contributed by atoms with van der Waals surface area (Å²) in [7, 11) is -2.91. The fourth-order valence-corrected chi connectivity index (χ4v) is 2.20. The lowest BCUT2D eigenvalue weighted by atomic mass is 9.94. The summed E-state index contributed by atoms with van der Waals surface area (Å²) in [5, 5.41) is 2.84. The van der Waals surface area contributed by atoms with Crippen molar-refractivity contribution in [2.75, 3.05) is 24.6 Å². The van der Waals surface area contributed by atoms with E-state index in [0.29, 0.717) is 25.9 Å². The quantitative estimate of drug-likeness (QED) is 0.717. The predicted molar refractivity (Wildman–Crippen MR) is 50.3 cm³/mol. The Morgan fingerprint density at radius 2 is 2.08 bits per heavy atom. The van der Waals surface area contributed by atoms with E-state index in [1.165, 1.54) is 0 Å². The van der Waals surface area contributed by atoms with Gasteiger partial charge < -0.3 is 5.32 Å². The van der Waals surface area contributed by atoms with Crippen LogP contribution in [0.3, 0.4) is 0 Å². The van der Waals surface area contributed by atoms with E-state index in [2.05, 4.69) is 5.32 Å². The van der Waals surface area contributed by atoms with E-state index in [-0.39, 0.29) is 11.5 Å². The van der Waals surface area contributed by atoms with Crippen LogP contribution < -0.4 is 5.32 Å². The van der Waals surface area contributed by atoms with E-state index in [0.717, 1.165) is 0 Å². The SMILES string of the molecule is CCS(=O)(=O)CCCC1(F)CNC1. The van der Waals surface area contributed by atoms with Crippen molar-refractivity contribution in [3.8, 4) is 0 Å². The van der Waals surface area contributed by atoms with Crippen molar-refractivity contribution in [3.05, 3.63) is 0 Å². The molecule has 1 N–H and O–H groups in total. The van der Waals surface area contributed by atoms with Crippen molar-refractivity contribution in [1.82, 2.24) is 5.32 Å². The van der Waals surface area contributed by atoms with Gasteiger partial charge in [0.2, 0.25) is 0 Å². The van der Waals surface area contributed by atoms with Gasteiger partial charge in [-0.3, -0.25) is 0 Å². The van der Waals surface area contributed by atoms with E-state index in [1.54, 1.807) is 6.92 Å². The van der Waals surface area contributed by atoms with Gasteiger partial charge in [0.15, 0.2) is 0 Å². The molecule has 0 aromatic carbocycles. The molecule has 13 heavy (non-hydrogen) atoms. The lowest BCUT2D eigenvalue weighted by Crippen LogP contribution is -2.56. The minimum absolute atomic E-state index is 0.120. The van der Waals surface area contributed by atoms with Crippen LogP contribution in [0, 0.1) is 0 Å². The van der Waals surface area contributed by atoms with Crippen molar-refractivity contribution in [1.29, 1.82) is 0 Å². The summed E-state index contributed by atoms with van der Waals surface area (Å²) in [4.78, 5) is 0. The molecule has 0 spiro atoms. The van der Waals surface area contributed by atoms with E-state index in [9.17, 15) is 12.8 Å².